The van der Waals surface area contributed by atoms with E-state index in [9.17, 15) is 4.79 Å². The van der Waals surface area contributed by atoms with Crippen LogP contribution in [0.25, 0.3) is 0 Å². The van der Waals surface area contributed by atoms with E-state index in [1.54, 1.807) is 0 Å². The van der Waals surface area contributed by atoms with Crippen LogP contribution in [0, 0.1) is 11.3 Å². The van der Waals surface area contributed by atoms with Crippen LogP contribution in [-0.2, 0) is 4.79 Å². The molecule has 2 rings (SSSR count). The maximum absolute atomic E-state index is 10.9. The van der Waals surface area contributed by atoms with Gasteiger partial charge in [0.2, 0.25) is 0 Å². The molecule has 3 heteroatoms. The zero-order chi connectivity index (χ0) is 8.06. The fraction of sp³-hybridized carbons (Fsp3) is 0.875. The Hall–Kier alpha value is -0.0500. The van der Waals surface area contributed by atoms with E-state index in [2.05, 4.69) is 15.9 Å². The summed E-state index contributed by atoms with van der Waals surface area (Å²) in [7, 11) is 0. The lowest BCUT2D eigenvalue weighted by Crippen LogP contribution is -2.45. The zero-order valence-electron chi connectivity index (χ0n) is 6.22. The van der Waals surface area contributed by atoms with Crippen LogP contribution in [0.2, 0.25) is 0 Å². The Bertz CT molecular complexity index is 204. The summed E-state index contributed by atoms with van der Waals surface area (Å²) in [6.07, 6.45) is 3.91. The third kappa shape index (κ3) is 0.805. The summed E-state index contributed by atoms with van der Waals surface area (Å²) < 4.78 is 0. The van der Waals surface area contributed by atoms with Gasteiger partial charge in [-0.25, -0.2) is 0 Å². The summed E-state index contributed by atoms with van der Waals surface area (Å²) in [4.78, 5) is 11.4. The SMILES string of the molecule is O=C(O)[C@@]12CC[C@@H](Br)[C@@H]1CC2. The molecule has 0 radical (unpaired) electrons. The first-order valence-corrected chi connectivity index (χ1v) is 4.96. The Morgan fingerprint density at radius 2 is 2.09 bits per heavy atom. The number of halogens is 1. The smallest absolute Gasteiger partial charge is 0.309 e. The Balaban J connectivity index is 2.22. The molecule has 2 saturated carbocycles. The normalized spacial score (nSPS) is 48.1. The van der Waals surface area contributed by atoms with Crippen molar-refractivity contribution in [2.75, 3.05) is 0 Å². The van der Waals surface area contributed by atoms with E-state index in [0.29, 0.717) is 10.7 Å². The molecule has 0 amide bonds. The van der Waals surface area contributed by atoms with Gasteiger partial charge in [-0.15, -0.1) is 0 Å². The first-order chi connectivity index (χ1) is 5.17. The second-order valence-corrected chi connectivity index (χ2v) is 4.84. The Labute approximate surface area is 74.1 Å². The van der Waals surface area contributed by atoms with Crippen LogP contribution in [0.1, 0.15) is 25.7 Å². The highest BCUT2D eigenvalue weighted by atomic mass is 79.9. The molecular weight excluding hydrogens is 208 g/mol. The Morgan fingerprint density at radius 1 is 1.45 bits per heavy atom. The van der Waals surface area contributed by atoms with E-state index in [1.807, 2.05) is 0 Å². The molecule has 11 heavy (non-hydrogen) atoms. The van der Waals surface area contributed by atoms with Gasteiger partial charge in [-0.3, -0.25) is 4.79 Å². The maximum atomic E-state index is 10.9. The van der Waals surface area contributed by atoms with Gasteiger partial charge in [-0.05, 0) is 31.6 Å². The van der Waals surface area contributed by atoms with E-state index < -0.39 is 5.97 Å². The average molecular weight is 219 g/mol. The van der Waals surface area contributed by atoms with Crippen molar-refractivity contribution < 1.29 is 9.90 Å². The highest BCUT2D eigenvalue weighted by Gasteiger charge is 2.58. The summed E-state index contributed by atoms with van der Waals surface area (Å²) in [5.41, 5.74) is -0.325. The Kier molecular flexibility index (Phi) is 1.53. The predicted molar refractivity (Wildman–Crippen MR) is 44.7 cm³/mol. The van der Waals surface area contributed by atoms with Crippen molar-refractivity contribution in [3.63, 3.8) is 0 Å². The summed E-state index contributed by atoms with van der Waals surface area (Å²) in [5, 5.41) is 8.99. The number of rotatable bonds is 1. The largest absolute Gasteiger partial charge is 0.481 e. The maximum Gasteiger partial charge on any atom is 0.309 e. The lowest BCUT2D eigenvalue weighted by molar-refractivity contribution is -0.158. The highest BCUT2D eigenvalue weighted by molar-refractivity contribution is 9.09. The van der Waals surface area contributed by atoms with Crippen LogP contribution in [-0.4, -0.2) is 15.9 Å². The van der Waals surface area contributed by atoms with Crippen molar-refractivity contribution in [3.8, 4) is 0 Å². The van der Waals surface area contributed by atoms with E-state index >= 15 is 0 Å². The third-order valence-corrected chi connectivity index (χ3v) is 4.44. The first-order valence-electron chi connectivity index (χ1n) is 4.04. The fourth-order valence-electron chi connectivity index (χ4n) is 2.47. The van der Waals surface area contributed by atoms with Crippen LogP contribution in [0.3, 0.4) is 0 Å². The summed E-state index contributed by atoms with van der Waals surface area (Å²) >= 11 is 3.54. The van der Waals surface area contributed by atoms with Crippen molar-refractivity contribution in [1.29, 1.82) is 0 Å². The summed E-state index contributed by atoms with van der Waals surface area (Å²) in [6.45, 7) is 0. The first kappa shape index (κ1) is 7.59. The molecule has 0 saturated heterocycles. The molecule has 2 fully saturated rings. The molecule has 3 atom stereocenters. The number of alkyl halides is 1. The van der Waals surface area contributed by atoms with Gasteiger partial charge >= 0.3 is 5.97 Å². The second-order valence-electron chi connectivity index (χ2n) is 3.66. The molecule has 62 valence electrons. The molecule has 2 aliphatic carbocycles. The minimum atomic E-state index is -0.573. The number of hydrogen-bond donors (Lipinski definition) is 1. The molecule has 1 N–H and O–H groups in total. The number of fused-ring (bicyclic) bond motifs is 1. The number of carboxylic acids is 1. The molecule has 0 bridgehead atoms. The average Bonchev–Trinajstić information content (AvgIpc) is 2.04. The van der Waals surface area contributed by atoms with E-state index in [4.69, 9.17) is 5.11 Å². The van der Waals surface area contributed by atoms with Crippen molar-refractivity contribution in [2.24, 2.45) is 11.3 Å². The monoisotopic (exact) mass is 218 g/mol. The van der Waals surface area contributed by atoms with Crippen LogP contribution in [0.15, 0.2) is 0 Å². The molecule has 2 aliphatic rings. The minimum Gasteiger partial charge on any atom is -0.481 e. The molecule has 2 nitrogen and oxygen atoms in total. The quantitative estimate of drug-likeness (QED) is 0.685. The molecule has 0 spiro atoms. The fourth-order valence-corrected chi connectivity index (χ4v) is 3.47. The minimum absolute atomic E-state index is 0.325. The number of carboxylic acid groups (broad SMARTS) is 1. The van der Waals surface area contributed by atoms with Crippen LogP contribution >= 0.6 is 15.9 Å². The number of carbonyl (C=O) groups is 1. The van der Waals surface area contributed by atoms with Crippen LogP contribution in [0.4, 0.5) is 0 Å². The van der Waals surface area contributed by atoms with Crippen molar-refractivity contribution in [3.05, 3.63) is 0 Å². The van der Waals surface area contributed by atoms with Gasteiger partial charge in [-0.1, -0.05) is 15.9 Å². The van der Waals surface area contributed by atoms with E-state index in [-0.39, 0.29) is 5.41 Å². The van der Waals surface area contributed by atoms with Gasteiger partial charge in [0.15, 0.2) is 0 Å². The standard InChI is InChI=1S/C8H11BrO2/c9-6-2-4-8(7(10)11)3-1-5(6)8/h5-6H,1-4H2,(H,10,11)/t5-,6+,8-/m0/s1. The second kappa shape index (κ2) is 2.22. The molecular formula is C8H11BrO2. The molecule has 0 aromatic rings. The molecule has 0 unspecified atom stereocenters. The zero-order valence-corrected chi connectivity index (χ0v) is 7.80. The van der Waals surface area contributed by atoms with Crippen LogP contribution < -0.4 is 0 Å². The number of hydrogen-bond acceptors (Lipinski definition) is 1. The number of aliphatic carboxylic acids is 1. The predicted octanol–water partition coefficient (Wildman–Crippen LogP) is 2.02. The highest BCUT2D eigenvalue weighted by Crippen LogP contribution is 2.59. The van der Waals surface area contributed by atoms with Gasteiger partial charge < -0.3 is 5.11 Å². The topological polar surface area (TPSA) is 37.3 Å². The van der Waals surface area contributed by atoms with Gasteiger partial charge in [0, 0.05) is 4.83 Å². The van der Waals surface area contributed by atoms with Gasteiger partial charge in [0.05, 0.1) is 5.41 Å². The molecule has 0 aromatic heterocycles. The van der Waals surface area contributed by atoms with E-state index in [1.165, 1.54) is 0 Å². The third-order valence-electron chi connectivity index (χ3n) is 3.34. The van der Waals surface area contributed by atoms with Crippen molar-refractivity contribution in [1.82, 2.24) is 0 Å². The lowest BCUT2D eigenvalue weighted by atomic mass is 9.62. The molecule has 0 aromatic carbocycles. The van der Waals surface area contributed by atoms with E-state index in [0.717, 1.165) is 25.7 Å². The van der Waals surface area contributed by atoms with Gasteiger partial charge in [0.25, 0.3) is 0 Å². The molecule has 0 aliphatic heterocycles. The Morgan fingerprint density at radius 3 is 2.36 bits per heavy atom. The summed E-state index contributed by atoms with van der Waals surface area (Å²) in [5.74, 6) is -0.157. The van der Waals surface area contributed by atoms with Crippen molar-refractivity contribution >= 4 is 21.9 Å². The van der Waals surface area contributed by atoms with Gasteiger partial charge in [0.1, 0.15) is 0 Å². The van der Waals surface area contributed by atoms with Crippen molar-refractivity contribution in [2.45, 2.75) is 30.5 Å². The van der Waals surface area contributed by atoms with Crippen LogP contribution in [0.5, 0.6) is 0 Å². The molecule has 0 heterocycles. The van der Waals surface area contributed by atoms with Gasteiger partial charge in [-0.2, -0.15) is 0 Å². The lowest BCUT2D eigenvalue weighted by Gasteiger charge is -2.42. The summed E-state index contributed by atoms with van der Waals surface area (Å²) in [6, 6.07) is 0.